The third-order valence-corrected chi connectivity index (χ3v) is 7.81. The largest absolute Gasteiger partial charge is 0.312 e. The summed E-state index contributed by atoms with van der Waals surface area (Å²) in [5.74, 6) is 0.420. The molecule has 0 saturated heterocycles. The Balaban J connectivity index is 1.55. The third kappa shape index (κ3) is 4.13. The zero-order valence-electron chi connectivity index (χ0n) is 18.2. The molecule has 0 fully saturated rings. The van der Waals surface area contributed by atoms with Crippen molar-refractivity contribution in [3.8, 4) is 17.3 Å². The fraction of sp³-hybridized carbons (Fsp3) is 0.222. The molecule has 0 bridgehead atoms. The highest BCUT2D eigenvalue weighted by Crippen LogP contribution is 2.40. The monoisotopic (exact) mass is 471 g/mol. The number of pyridine rings is 1. The van der Waals surface area contributed by atoms with Gasteiger partial charge in [0.1, 0.15) is 11.1 Å². The molecule has 0 aliphatic heterocycles. The zero-order chi connectivity index (χ0) is 22.9. The number of nitrogens with zero attached hydrogens (tertiary/aromatic N) is 2. The summed E-state index contributed by atoms with van der Waals surface area (Å²) in [5, 5.41) is 15.0. The molecule has 164 valence electrons. The lowest BCUT2D eigenvalue weighted by Crippen LogP contribution is -2.13. The van der Waals surface area contributed by atoms with E-state index in [9.17, 15) is 10.1 Å². The molecule has 1 N–H and O–H groups in total. The number of carbonyl (C=O) groups excluding carboxylic acids is 1. The van der Waals surface area contributed by atoms with Crippen molar-refractivity contribution >= 4 is 44.7 Å². The van der Waals surface area contributed by atoms with E-state index >= 15 is 0 Å². The van der Waals surface area contributed by atoms with Crippen molar-refractivity contribution in [1.82, 2.24) is 4.98 Å². The number of thiophene rings is 1. The Labute approximate surface area is 201 Å². The number of carbonyl (C=O) groups is 1. The van der Waals surface area contributed by atoms with Crippen LogP contribution in [0.1, 0.15) is 46.1 Å². The molecule has 0 spiro atoms. The van der Waals surface area contributed by atoms with Crippen LogP contribution in [-0.4, -0.2) is 10.9 Å². The fourth-order valence-corrected chi connectivity index (χ4v) is 5.94. The first-order valence-corrected chi connectivity index (χ1v) is 12.3. The molecule has 1 aliphatic rings. The van der Waals surface area contributed by atoms with Crippen LogP contribution in [0, 0.1) is 17.2 Å². The number of hydrogen-bond donors (Lipinski definition) is 1. The number of rotatable bonds is 4. The maximum absolute atomic E-state index is 13.5. The Morgan fingerprint density at radius 2 is 2.03 bits per heavy atom. The molecule has 4 aromatic rings. The van der Waals surface area contributed by atoms with Crippen molar-refractivity contribution in [2.75, 3.05) is 5.32 Å². The van der Waals surface area contributed by atoms with E-state index < -0.39 is 0 Å². The first kappa shape index (κ1) is 21.6. The Kier molecular flexibility index (Phi) is 5.88. The lowest BCUT2D eigenvalue weighted by molar-refractivity contribution is 0.102. The topological polar surface area (TPSA) is 65.8 Å². The summed E-state index contributed by atoms with van der Waals surface area (Å²) in [6, 6.07) is 19.2. The lowest BCUT2D eigenvalue weighted by Gasteiger charge is -2.20. The van der Waals surface area contributed by atoms with Crippen LogP contribution in [0.15, 0.2) is 54.6 Å². The number of nitrogens with one attached hydrogen (secondary N) is 1. The van der Waals surface area contributed by atoms with Gasteiger partial charge in [0.15, 0.2) is 0 Å². The predicted octanol–water partition coefficient (Wildman–Crippen LogP) is 7.26. The van der Waals surface area contributed by atoms with Gasteiger partial charge in [0, 0.05) is 20.8 Å². The molecular formula is C27H22ClN3OS. The van der Waals surface area contributed by atoms with E-state index in [1.165, 1.54) is 4.88 Å². The van der Waals surface area contributed by atoms with Crippen LogP contribution in [0.25, 0.3) is 22.2 Å². The molecule has 6 heteroatoms. The van der Waals surface area contributed by atoms with Crippen molar-refractivity contribution in [2.45, 2.75) is 32.6 Å². The van der Waals surface area contributed by atoms with Gasteiger partial charge >= 0.3 is 0 Å². The number of nitriles is 1. The van der Waals surface area contributed by atoms with Gasteiger partial charge in [-0.05, 0) is 55.0 Å². The SMILES string of the molecule is CC[C@H]1CCc2c(sc(NC(=O)c3cc(-c4ccc(Cl)cc4)nc4ccccc34)c2C#N)C1. The van der Waals surface area contributed by atoms with E-state index in [-0.39, 0.29) is 5.91 Å². The van der Waals surface area contributed by atoms with Gasteiger partial charge in [0.05, 0.1) is 22.3 Å². The van der Waals surface area contributed by atoms with Crippen molar-refractivity contribution in [2.24, 2.45) is 5.92 Å². The zero-order valence-corrected chi connectivity index (χ0v) is 19.8. The minimum atomic E-state index is -0.231. The minimum absolute atomic E-state index is 0.231. The summed E-state index contributed by atoms with van der Waals surface area (Å²) in [5.41, 5.74) is 4.60. The van der Waals surface area contributed by atoms with Crippen molar-refractivity contribution < 1.29 is 4.79 Å². The number of benzene rings is 2. The van der Waals surface area contributed by atoms with E-state index in [1.807, 2.05) is 54.6 Å². The molecule has 1 aliphatic carbocycles. The second-order valence-electron chi connectivity index (χ2n) is 8.37. The Bertz CT molecular complexity index is 1400. The summed E-state index contributed by atoms with van der Waals surface area (Å²) in [4.78, 5) is 19.5. The highest BCUT2D eigenvalue weighted by Gasteiger charge is 2.26. The summed E-state index contributed by atoms with van der Waals surface area (Å²) in [6.07, 6.45) is 4.13. The Morgan fingerprint density at radius 1 is 1.24 bits per heavy atom. The molecule has 5 rings (SSSR count). The lowest BCUT2D eigenvalue weighted by atomic mass is 9.86. The molecular weight excluding hydrogens is 450 g/mol. The average molecular weight is 472 g/mol. The van der Waals surface area contributed by atoms with Crippen LogP contribution in [0.4, 0.5) is 5.00 Å². The standard InChI is InChI=1S/C27H22ClN3OS/c1-2-16-7-12-20-22(15-29)27(33-25(20)13-16)31-26(32)21-14-24(17-8-10-18(28)11-9-17)30-23-6-4-3-5-19(21)23/h3-6,8-11,14,16H,2,7,12-13H2,1H3,(H,31,32)/t16-/m0/s1. The number of amides is 1. The number of anilines is 1. The summed E-state index contributed by atoms with van der Waals surface area (Å²) in [7, 11) is 0. The third-order valence-electron chi connectivity index (χ3n) is 6.38. The number of aromatic nitrogens is 1. The number of halogens is 1. The average Bonchev–Trinajstić information content (AvgIpc) is 3.19. The van der Waals surface area contributed by atoms with E-state index in [4.69, 9.17) is 16.6 Å². The fourth-order valence-electron chi connectivity index (χ4n) is 4.51. The molecule has 2 aromatic heterocycles. The van der Waals surface area contributed by atoms with Gasteiger partial charge in [0.2, 0.25) is 0 Å². The van der Waals surface area contributed by atoms with E-state index in [0.29, 0.717) is 32.8 Å². The van der Waals surface area contributed by atoms with Crippen LogP contribution >= 0.6 is 22.9 Å². The van der Waals surface area contributed by atoms with Gasteiger partial charge in [-0.25, -0.2) is 4.98 Å². The Hall–Kier alpha value is -3.20. The molecule has 1 amide bonds. The smallest absolute Gasteiger partial charge is 0.257 e. The minimum Gasteiger partial charge on any atom is -0.312 e. The van der Waals surface area contributed by atoms with Gasteiger partial charge in [-0.15, -0.1) is 11.3 Å². The second-order valence-corrected chi connectivity index (χ2v) is 9.91. The van der Waals surface area contributed by atoms with Gasteiger partial charge in [0.25, 0.3) is 5.91 Å². The second kappa shape index (κ2) is 8.97. The van der Waals surface area contributed by atoms with Crippen LogP contribution < -0.4 is 5.32 Å². The predicted molar refractivity (Wildman–Crippen MR) is 135 cm³/mol. The normalized spacial score (nSPS) is 15.1. The molecule has 0 unspecified atom stereocenters. The van der Waals surface area contributed by atoms with Gasteiger partial charge in [-0.1, -0.05) is 55.3 Å². The van der Waals surface area contributed by atoms with Crippen molar-refractivity contribution in [3.63, 3.8) is 0 Å². The number of fused-ring (bicyclic) bond motifs is 2. The number of para-hydroxylation sites is 1. The molecule has 2 aromatic carbocycles. The molecule has 33 heavy (non-hydrogen) atoms. The molecule has 0 saturated carbocycles. The summed E-state index contributed by atoms with van der Waals surface area (Å²) < 4.78 is 0. The van der Waals surface area contributed by atoms with Crippen LogP contribution in [0.3, 0.4) is 0 Å². The van der Waals surface area contributed by atoms with E-state index in [2.05, 4.69) is 18.3 Å². The van der Waals surface area contributed by atoms with Crippen molar-refractivity contribution in [1.29, 1.82) is 5.26 Å². The van der Waals surface area contributed by atoms with Gasteiger partial charge in [-0.2, -0.15) is 5.26 Å². The molecule has 2 heterocycles. The quantitative estimate of drug-likeness (QED) is 0.340. The van der Waals surface area contributed by atoms with E-state index in [0.717, 1.165) is 47.7 Å². The highest BCUT2D eigenvalue weighted by molar-refractivity contribution is 7.16. The van der Waals surface area contributed by atoms with Crippen LogP contribution in [0.2, 0.25) is 5.02 Å². The maximum Gasteiger partial charge on any atom is 0.257 e. The Morgan fingerprint density at radius 3 is 2.79 bits per heavy atom. The highest BCUT2D eigenvalue weighted by atomic mass is 35.5. The maximum atomic E-state index is 13.5. The molecule has 4 nitrogen and oxygen atoms in total. The number of hydrogen-bond acceptors (Lipinski definition) is 4. The first-order chi connectivity index (χ1) is 16.1. The summed E-state index contributed by atoms with van der Waals surface area (Å²) >= 11 is 7.60. The van der Waals surface area contributed by atoms with Gasteiger partial charge < -0.3 is 5.32 Å². The van der Waals surface area contributed by atoms with Crippen molar-refractivity contribution in [3.05, 3.63) is 81.2 Å². The van der Waals surface area contributed by atoms with Crippen LogP contribution in [-0.2, 0) is 12.8 Å². The molecule has 0 radical (unpaired) electrons. The molecule has 1 atom stereocenters. The first-order valence-electron chi connectivity index (χ1n) is 11.1. The summed E-state index contributed by atoms with van der Waals surface area (Å²) in [6.45, 7) is 2.21. The van der Waals surface area contributed by atoms with E-state index in [1.54, 1.807) is 11.3 Å². The van der Waals surface area contributed by atoms with Gasteiger partial charge in [-0.3, -0.25) is 4.79 Å². The van der Waals surface area contributed by atoms with Crippen LogP contribution in [0.5, 0.6) is 0 Å².